The van der Waals surface area contributed by atoms with Crippen molar-refractivity contribution in [3.05, 3.63) is 29.1 Å². The van der Waals surface area contributed by atoms with Crippen LogP contribution in [0.3, 0.4) is 0 Å². The van der Waals surface area contributed by atoms with Crippen LogP contribution >= 0.6 is 0 Å². The molecule has 1 aromatic heterocycles. The van der Waals surface area contributed by atoms with Gasteiger partial charge in [-0.25, -0.2) is 0 Å². The van der Waals surface area contributed by atoms with E-state index in [0.29, 0.717) is 17.6 Å². The van der Waals surface area contributed by atoms with Crippen LogP contribution in [-0.2, 0) is 0 Å². The molecule has 0 saturated heterocycles. The molecule has 1 amide bonds. The molecule has 4 nitrogen and oxygen atoms in total. The summed E-state index contributed by atoms with van der Waals surface area (Å²) in [6, 6.07) is 4.69. The molecule has 2 rings (SSSR count). The Bertz CT molecular complexity index is 465. The van der Waals surface area contributed by atoms with Gasteiger partial charge in [0.2, 0.25) is 0 Å². The average Bonchev–Trinajstić information content (AvgIpc) is 2.41. The second kappa shape index (κ2) is 6.84. The number of hydrogen-bond donors (Lipinski definition) is 2. The smallest absolute Gasteiger partial charge is 0.253 e. The summed E-state index contributed by atoms with van der Waals surface area (Å²) in [4.78, 5) is 16.6. The maximum absolute atomic E-state index is 12.3. The molecule has 0 atom stereocenters. The first kappa shape index (κ1) is 15.0. The maximum Gasteiger partial charge on any atom is 0.253 e. The highest BCUT2D eigenvalue weighted by molar-refractivity contribution is 5.95. The zero-order valence-corrected chi connectivity index (χ0v) is 12.7. The third-order valence-electron chi connectivity index (χ3n) is 4.02. The topological polar surface area (TPSA) is 54.0 Å². The van der Waals surface area contributed by atoms with Crippen molar-refractivity contribution in [3.63, 3.8) is 0 Å². The fourth-order valence-electron chi connectivity index (χ4n) is 2.92. The van der Waals surface area contributed by atoms with Gasteiger partial charge in [0.25, 0.3) is 5.91 Å². The lowest BCUT2D eigenvalue weighted by Gasteiger charge is -2.29. The molecule has 1 saturated carbocycles. The Morgan fingerprint density at radius 1 is 1.20 bits per heavy atom. The van der Waals surface area contributed by atoms with E-state index in [1.165, 1.54) is 0 Å². The molecular weight excluding hydrogens is 250 g/mol. The second-order valence-corrected chi connectivity index (χ2v) is 5.67. The summed E-state index contributed by atoms with van der Waals surface area (Å²) in [5.74, 6) is 0.0156. The molecule has 0 radical (unpaired) electrons. The van der Waals surface area contributed by atoms with Crippen LogP contribution in [0.2, 0.25) is 0 Å². The number of aryl methyl sites for hydroxylation is 2. The number of amides is 1. The third kappa shape index (κ3) is 3.79. The molecule has 1 heterocycles. The summed E-state index contributed by atoms with van der Waals surface area (Å²) >= 11 is 0. The van der Waals surface area contributed by atoms with Gasteiger partial charge >= 0.3 is 0 Å². The predicted molar refractivity (Wildman–Crippen MR) is 80.9 cm³/mol. The lowest BCUT2D eigenvalue weighted by Crippen LogP contribution is -2.42. The largest absolute Gasteiger partial charge is 0.349 e. The molecule has 0 unspecified atom stereocenters. The minimum Gasteiger partial charge on any atom is -0.349 e. The molecular formula is C16H25N3O. The Morgan fingerprint density at radius 3 is 2.45 bits per heavy atom. The maximum atomic E-state index is 12.3. The molecule has 1 aliphatic carbocycles. The normalized spacial score (nSPS) is 22.6. The quantitative estimate of drug-likeness (QED) is 0.887. The van der Waals surface area contributed by atoms with E-state index in [1.54, 1.807) is 0 Å². The Kier molecular flexibility index (Phi) is 5.12. The van der Waals surface area contributed by atoms with Crippen molar-refractivity contribution in [2.75, 3.05) is 6.54 Å². The summed E-state index contributed by atoms with van der Waals surface area (Å²) in [5.41, 5.74) is 2.46. The Labute approximate surface area is 121 Å². The molecule has 4 heteroatoms. The molecule has 20 heavy (non-hydrogen) atoms. The summed E-state index contributed by atoms with van der Waals surface area (Å²) in [5, 5.41) is 6.63. The molecule has 1 aromatic rings. The number of nitrogens with zero attached hydrogens (tertiary/aromatic N) is 1. The van der Waals surface area contributed by atoms with Crippen LogP contribution in [0.25, 0.3) is 0 Å². The van der Waals surface area contributed by atoms with Gasteiger partial charge in [0.1, 0.15) is 0 Å². The van der Waals surface area contributed by atoms with Crippen LogP contribution in [0.1, 0.15) is 54.4 Å². The van der Waals surface area contributed by atoms with Crippen molar-refractivity contribution in [3.8, 4) is 0 Å². The van der Waals surface area contributed by atoms with Crippen LogP contribution in [0.15, 0.2) is 12.1 Å². The van der Waals surface area contributed by atoms with Crippen LogP contribution in [0.4, 0.5) is 0 Å². The highest BCUT2D eigenvalue weighted by atomic mass is 16.1. The van der Waals surface area contributed by atoms with E-state index in [4.69, 9.17) is 0 Å². The number of aromatic nitrogens is 1. The van der Waals surface area contributed by atoms with Crippen molar-refractivity contribution >= 4 is 5.91 Å². The first-order chi connectivity index (χ1) is 9.60. The van der Waals surface area contributed by atoms with Gasteiger partial charge < -0.3 is 10.6 Å². The van der Waals surface area contributed by atoms with Crippen LogP contribution in [-0.4, -0.2) is 29.5 Å². The van der Waals surface area contributed by atoms with Crippen LogP contribution < -0.4 is 10.6 Å². The van der Waals surface area contributed by atoms with Crippen LogP contribution in [0, 0.1) is 13.8 Å². The minimum absolute atomic E-state index is 0.0156. The number of carbonyl (C=O) groups excluding carboxylic acids is 1. The number of carbonyl (C=O) groups is 1. The fourth-order valence-corrected chi connectivity index (χ4v) is 2.92. The number of rotatable bonds is 4. The van der Waals surface area contributed by atoms with E-state index in [0.717, 1.165) is 43.6 Å². The van der Waals surface area contributed by atoms with Gasteiger partial charge in [-0.2, -0.15) is 0 Å². The third-order valence-corrected chi connectivity index (χ3v) is 4.02. The summed E-state index contributed by atoms with van der Waals surface area (Å²) < 4.78 is 0. The SMILES string of the molecule is CCNC1CCC(NC(=O)c2ccc(C)nc2C)CC1. The molecule has 1 aliphatic rings. The van der Waals surface area contributed by atoms with Gasteiger partial charge in [-0.15, -0.1) is 0 Å². The fraction of sp³-hybridized carbons (Fsp3) is 0.625. The van der Waals surface area contributed by atoms with Crippen molar-refractivity contribution in [1.82, 2.24) is 15.6 Å². The van der Waals surface area contributed by atoms with E-state index >= 15 is 0 Å². The number of pyridine rings is 1. The van der Waals surface area contributed by atoms with E-state index in [-0.39, 0.29) is 5.91 Å². The first-order valence-corrected chi connectivity index (χ1v) is 7.58. The van der Waals surface area contributed by atoms with Gasteiger partial charge in [-0.05, 0) is 58.2 Å². The molecule has 0 aromatic carbocycles. The highest BCUT2D eigenvalue weighted by Gasteiger charge is 2.22. The van der Waals surface area contributed by atoms with E-state index in [1.807, 2.05) is 26.0 Å². The zero-order valence-electron chi connectivity index (χ0n) is 12.7. The second-order valence-electron chi connectivity index (χ2n) is 5.67. The Balaban J connectivity index is 1.89. The van der Waals surface area contributed by atoms with Gasteiger partial charge in [0.05, 0.1) is 11.3 Å². The van der Waals surface area contributed by atoms with E-state index in [2.05, 4.69) is 22.5 Å². The van der Waals surface area contributed by atoms with E-state index < -0.39 is 0 Å². The van der Waals surface area contributed by atoms with Crippen molar-refractivity contribution in [2.24, 2.45) is 0 Å². The lowest BCUT2D eigenvalue weighted by molar-refractivity contribution is 0.0923. The monoisotopic (exact) mass is 275 g/mol. The summed E-state index contributed by atoms with van der Waals surface area (Å²) in [7, 11) is 0. The van der Waals surface area contributed by atoms with Gasteiger partial charge in [-0.3, -0.25) is 9.78 Å². The van der Waals surface area contributed by atoms with Crippen molar-refractivity contribution < 1.29 is 4.79 Å². The Morgan fingerprint density at radius 2 is 1.85 bits per heavy atom. The predicted octanol–water partition coefficient (Wildman–Crippen LogP) is 2.35. The number of nitrogens with one attached hydrogen (secondary N) is 2. The standard InChI is InChI=1S/C16H25N3O/c1-4-17-13-6-8-14(9-7-13)19-16(20)15-10-5-11(2)18-12(15)3/h5,10,13-14,17H,4,6-9H2,1-3H3,(H,19,20). The molecule has 0 bridgehead atoms. The lowest BCUT2D eigenvalue weighted by atomic mass is 9.91. The van der Waals surface area contributed by atoms with E-state index in [9.17, 15) is 4.79 Å². The van der Waals surface area contributed by atoms with Gasteiger partial charge in [-0.1, -0.05) is 6.92 Å². The zero-order chi connectivity index (χ0) is 14.5. The Hall–Kier alpha value is -1.42. The molecule has 110 valence electrons. The minimum atomic E-state index is 0.0156. The van der Waals surface area contributed by atoms with Gasteiger partial charge in [0.15, 0.2) is 0 Å². The summed E-state index contributed by atoms with van der Waals surface area (Å²) in [6.07, 6.45) is 4.40. The molecule has 1 fully saturated rings. The van der Waals surface area contributed by atoms with Crippen molar-refractivity contribution in [1.29, 1.82) is 0 Å². The van der Waals surface area contributed by atoms with Crippen LogP contribution in [0.5, 0.6) is 0 Å². The first-order valence-electron chi connectivity index (χ1n) is 7.58. The van der Waals surface area contributed by atoms with Gasteiger partial charge in [0, 0.05) is 17.8 Å². The molecule has 0 spiro atoms. The summed E-state index contributed by atoms with van der Waals surface area (Å²) in [6.45, 7) is 7.00. The highest BCUT2D eigenvalue weighted by Crippen LogP contribution is 2.19. The molecule has 2 N–H and O–H groups in total. The number of hydrogen-bond acceptors (Lipinski definition) is 3. The molecule has 0 aliphatic heterocycles. The average molecular weight is 275 g/mol. The van der Waals surface area contributed by atoms with Crippen molar-refractivity contribution in [2.45, 2.75) is 58.5 Å².